The van der Waals surface area contributed by atoms with E-state index in [-0.39, 0.29) is 5.91 Å². The molecule has 0 unspecified atom stereocenters. The number of carbonyl (C=O) groups excluding carboxylic acids is 1. The van der Waals surface area contributed by atoms with E-state index in [4.69, 9.17) is 12.2 Å². The first-order valence-electron chi connectivity index (χ1n) is 10.4. The van der Waals surface area contributed by atoms with Crippen LogP contribution in [0.1, 0.15) is 24.2 Å². The number of aryl methyl sites for hydroxylation is 3. The molecule has 2 aromatic carbocycles. The fourth-order valence-corrected chi connectivity index (χ4v) is 4.00. The molecule has 2 aromatic heterocycles. The molecule has 0 aliphatic heterocycles. The number of fused-ring (bicyclic) bond motifs is 1. The lowest BCUT2D eigenvalue weighted by atomic mass is 10.1. The largest absolute Gasteiger partial charge is 0.356 e. The van der Waals surface area contributed by atoms with Gasteiger partial charge in [-0.05, 0) is 50.7 Å². The first-order valence-corrected chi connectivity index (χ1v) is 10.8. The monoisotopic (exact) mass is 434 g/mol. The second kappa shape index (κ2) is 9.26. The number of benzene rings is 2. The van der Waals surface area contributed by atoms with Gasteiger partial charge in [-0.15, -0.1) is 0 Å². The van der Waals surface area contributed by atoms with Crippen molar-refractivity contribution in [2.24, 2.45) is 0 Å². The summed E-state index contributed by atoms with van der Waals surface area (Å²) in [6, 6.07) is 16.2. The maximum absolute atomic E-state index is 12.4. The maximum Gasteiger partial charge on any atom is 0.221 e. The average Bonchev–Trinajstić information content (AvgIpc) is 3.28. The number of aromatic amines is 1. The molecule has 0 bridgehead atoms. The van der Waals surface area contributed by atoms with Gasteiger partial charge in [-0.2, -0.15) is 5.10 Å². The highest BCUT2D eigenvalue weighted by Gasteiger charge is 2.11. The topological polar surface area (TPSA) is 80.5 Å². The predicted octanol–water partition coefficient (Wildman–Crippen LogP) is 4.17. The third-order valence-corrected chi connectivity index (χ3v) is 5.63. The van der Waals surface area contributed by atoms with E-state index >= 15 is 0 Å². The Morgan fingerprint density at radius 1 is 1.10 bits per heavy atom. The summed E-state index contributed by atoms with van der Waals surface area (Å²) < 4.78 is 4.59. The molecule has 4 aromatic rings. The van der Waals surface area contributed by atoms with Crippen LogP contribution in [0.3, 0.4) is 0 Å². The minimum Gasteiger partial charge on any atom is -0.356 e. The van der Waals surface area contributed by atoms with E-state index < -0.39 is 0 Å². The Morgan fingerprint density at radius 3 is 2.77 bits per heavy atom. The average molecular weight is 435 g/mol. The van der Waals surface area contributed by atoms with Crippen molar-refractivity contribution >= 4 is 29.2 Å². The number of imidazole rings is 1. The molecule has 1 amide bonds. The van der Waals surface area contributed by atoms with Crippen LogP contribution in [0.25, 0.3) is 22.4 Å². The quantitative estimate of drug-likeness (QED) is 0.322. The van der Waals surface area contributed by atoms with Crippen molar-refractivity contribution in [1.82, 2.24) is 29.6 Å². The van der Waals surface area contributed by atoms with Gasteiger partial charge >= 0.3 is 0 Å². The summed E-state index contributed by atoms with van der Waals surface area (Å²) in [5.74, 6) is 1.75. The number of carbonyl (C=O) groups is 1. The summed E-state index contributed by atoms with van der Waals surface area (Å²) >= 11 is 5.36. The Labute approximate surface area is 186 Å². The molecule has 0 saturated carbocycles. The normalized spacial score (nSPS) is 11.2. The summed E-state index contributed by atoms with van der Waals surface area (Å²) in [4.78, 5) is 17.0. The van der Waals surface area contributed by atoms with Crippen LogP contribution in [-0.2, 0) is 17.9 Å². The van der Waals surface area contributed by atoms with E-state index in [1.54, 1.807) is 0 Å². The molecule has 0 spiro atoms. The highest BCUT2D eigenvalue weighted by atomic mass is 32.1. The third kappa shape index (κ3) is 4.74. The minimum atomic E-state index is 0.00510. The molecule has 2 N–H and O–H groups in total. The first-order chi connectivity index (χ1) is 15.0. The molecule has 0 saturated heterocycles. The number of H-pyrrole nitrogens is 1. The predicted molar refractivity (Wildman–Crippen MR) is 124 cm³/mol. The minimum absolute atomic E-state index is 0.00510. The van der Waals surface area contributed by atoms with E-state index in [1.807, 2.05) is 54.8 Å². The summed E-state index contributed by atoms with van der Waals surface area (Å²) in [5, 5.41) is 10.2. The van der Waals surface area contributed by atoms with Gasteiger partial charge in [0.25, 0.3) is 0 Å². The fourth-order valence-electron chi connectivity index (χ4n) is 3.77. The Balaban J connectivity index is 1.30. The lowest BCUT2D eigenvalue weighted by Crippen LogP contribution is -2.26. The van der Waals surface area contributed by atoms with Gasteiger partial charge in [0.05, 0.1) is 11.0 Å². The van der Waals surface area contributed by atoms with E-state index in [9.17, 15) is 4.79 Å². The van der Waals surface area contributed by atoms with Crippen LogP contribution < -0.4 is 5.32 Å². The van der Waals surface area contributed by atoms with Crippen molar-refractivity contribution in [3.63, 3.8) is 0 Å². The third-order valence-electron chi connectivity index (χ3n) is 5.32. The Kier molecular flexibility index (Phi) is 6.27. The summed E-state index contributed by atoms with van der Waals surface area (Å²) in [6.07, 6.45) is 1.19. The lowest BCUT2D eigenvalue weighted by molar-refractivity contribution is -0.121. The molecule has 31 heavy (non-hydrogen) atoms. The standard InChI is InChI=1S/C23H26N6OS/c1-16-7-5-8-18(15-16)22-26-27-23(31)29(22)14-11-21(30)24-12-6-13-28-17(2)25-19-9-3-4-10-20(19)28/h3-5,7-10,15H,6,11-14H2,1-2H3,(H,24,30)(H,27,31). The van der Waals surface area contributed by atoms with Crippen molar-refractivity contribution in [2.45, 2.75) is 39.8 Å². The van der Waals surface area contributed by atoms with E-state index in [2.05, 4.69) is 37.2 Å². The first kappa shape index (κ1) is 21.0. The highest BCUT2D eigenvalue weighted by molar-refractivity contribution is 7.71. The molecule has 4 rings (SSSR count). The number of nitrogens with zero attached hydrogens (tertiary/aromatic N) is 4. The summed E-state index contributed by atoms with van der Waals surface area (Å²) in [6.45, 7) is 5.97. The molecule has 0 aliphatic carbocycles. The second-order valence-corrected chi connectivity index (χ2v) is 8.01. The molecule has 0 fully saturated rings. The lowest BCUT2D eigenvalue weighted by Gasteiger charge is -2.10. The number of para-hydroxylation sites is 2. The maximum atomic E-state index is 12.4. The fraction of sp³-hybridized carbons (Fsp3) is 0.304. The molecular weight excluding hydrogens is 408 g/mol. The number of hydrogen-bond donors (Lipinski definition) is 2. The smallest absolute Gasteiger partial charge is 0.221 e. The van der Waals surface area contributed by atoms with Crippen molar-refractivity contribution < 1.29 is 4.79 Å². The van der Waals surface area contributed by atoms with Crippen molar-refractivity contribution in [2.75, 3.05) is 6.54 Å². The number of nitrogens with one attached hydrogen (secondary N) is 2. The highest BCUT2D eigenvalue weighted by Crippen LogP contribution is 2.19. The van der Waals surface area contributed by atoms with Gasteiger partial charge in [0.2, 0.25) is 5.91 Å². The number of hydrogen-bond acceptors (Lipinski definition) is 4. The van der Waals surface area contributed by atoms with Crippen LogP contribution >= 0.6 is 12.2 Å². The molecule has 2 heterocycles. The van der Waals surface area contributed by atoms with Crippen molar-refractivity contribution in [3.05, 3.63) is 64.7 Å². The van der Waals surface area contributed by atoms with E-state index in [0.717, 1.165) is 46.8 Å². The summed E-state index contributed by atoms with van der Waals surface area (Å²) in [5.41, 5.74) is 4.27. The summed E-state index contributed by atoms with van der Waals surface area (Å²) in [7, 11) is 0. The van der Waals surface area contributed by atoms with Gasteiger partial charge in [-0.1, -0.05) is 35.9 Å². The molecular formula is C23H26N6OS. The van der Waals surface area contributed by atoms with Crippen LogP contribution in [0.2, 0.25) is 0 Å². The number of aromatic nitrogens is 5. The van der Waals surface area contributed by atoms with Crippen LogP contribution in [0, 0.1) is 18.6 Å². The van der Waals surface area contributed by atoms with Gasteiger partial charge in [-0.3, -0.25) is 14.5 Å². The molecule has 160 valence electrons. The Morgan fingerprint density at radius 2 is 1.94 bits per heavy atom. The molecule has 8 heteroatoms. The van der Waals surface area contributed by atoms with Gasteiger partial charge in [0.15, 0.2) is 10.6 Å². The molecule has 0 atom stereocenters. The SMILES string of the molecule is Cc1cccc(-c2n[nH]c(=S)n2CCC(=O)NCCCn2c(C)nc3ccccc32)c1. The van der Waals surface area contributed by atoms with Gasteiger partial charge < -0.3 is 9.88 Å². The Hall–Kier alpha value is -3.26. The zero-order valence-electron chi connectivity index (χ0n) is 17.8. The van der Waals surface area contributed by atoms with Crippen LogP contribution in [-0.4, -0.2) is 36.8 Å². The van der Waals surface area contributed by atoms with Gasteiger partial charge in [-0.25, -0.2) is 4.98 Å². The zero-order valence-corrected chi connectivity index (χ0v) is 18.6. The van der Waals surface area contributed by atoms with Crippen LogP contribution in [0.4, 0.5) is 0 Å². The van der Waals surface area contributed by atoms with Gasteiger partial charge in [0, 0.05) is 31.6 Å². The molecule has 0 aliphatic rings. The van der Waals surface area contributed by atoms with Crippen molar-refractivity contribution in [1.29, 1.82) is 0 Å². The number of amides is 1. The van der Waals surface area contributed by atoms with Crippen LogP contribution in [0.5, 0.6) is 0 Å². The number of rotatable bonds is 8. The Bertz CT molecular complexity index is 1270. The molecule has 7 nitrogen and oxygen atoms in total. The van der Waals surface area contributed by atoms with Crippen LogP contribution in [0.15, 0.2) is 48.5 Å². The van der Waals surface area contributed by atoms with Crippen molar-refractivity contribution in [3.8, 4) is 11.4 Å². The van der Waals surface area contributed by atoms with E-state index in [0.29, 0.717) is 24.3 Å². The second-order valence-electron chi connectivity index (χ2n) is 7.63. The zero-order chi connectivity index (χ0) is 21.8. The van der Waals surface area contributed by atoms with E-state index in [1.165, 1.54) is 0 Å². The van der Waals surface area contributed by atoms with Gasteiger partial charge in [0.1, 0.15) is 5.82 Å². The molecule has 0 radical (unpaired) electrons.